The highest BCUT2D eigenvalue weighted by Gasteiger charge is 2.05. The highest BCUT2D eigenvalue weighted by molar-refractivity contribution is 5.42. The predicted molar refractivity (Wildman–Crippen MR) is 63.1 cm³/mol. The van der Waals surface area contributed by atoms with Crippen molar-refractivity contribution in [3.05, 3.63) is 30.0 Å². The fraction of sp³-hybridized carbons (Fsp3) is 0.273. The zero-order valence-electron chi connectivity index (χ0n) is 9.75. The molecule has 0 unspecified atom stereocenters. The van der Waals surface area contributed by atoms with Crippen LogP contribution in [0.5, 0.6) is 11.5 Å². The number of nitrogens with zero attached hydrogens (tertiary/aromatic N) is 3. The summed E-state index contributed by atoms with van der Waals surface area (Å²) in [7, 11) is 3.21. The summed E-state index contributed by atoms with van der Waals surface area (Å²) in [5, 5.41) is 7.60. The van der Waals surface area contributed by atoms with E-state index < -0.39 is 0 Å². The molecule has 0 amide bonds. The molecule has 0 fully saturated rings. The van der Waals surface area contributed by atoms with Crippen LogP contribution < -0.4 is 15.2 Å². The second-order valence-corrected chi connectivity index (χ2v) is 3.53. The van der Waals surface area contributed by atoms with E-state index in [2.05, 4.69) is 10.3 Å². The molecular formula is C11H14N4O2. The van der Waals surface area contributed by atoms with Crippen molar-refractivity contribution in [3.8, 4) is 11.5 Å². The van der Waals surface area contributed by atoms with Crippen molar-refractivity contribution in [1.82, 2.24) is 15.0 Å². The van der Waals surface area contributed by atoms with Gasteiger partial charge in [0.15, 0.2) is 17.3 Å². The van der Waals surface area contributed by atoms with Crippen LogP contribution in [0.3, 0.4) is 0 Å². The Hall–Kier alpha value is -2.24. The van der Waals surface area contributed by atoms with Crippen LogP contribution in [0.15, 0.2) is 24.4 Å². The van der Waals surface area contributed by atoms with Gasteiger partial charge in [0, 0.05) is 0 Å². The van der Waals surface area contributed by atoms with Gasteiger partial charge in [0.05, 0.1) is 27.0 Å². The number of hydrogen-bond donors (Lipinski definition) is 1. The molecule has 0 aliphatic heterocycles. The number of benzene rings is 1. The zero-order valence-corrected chi connectivity index (χ0v) is 9.75. The highest BCUT2D eigenvalue weighted by atomic mass is 16.5. The zero-order chi connectivity index (χ0) is 12.3. The summed E-state index contributed by atoms with van der Waals surface area (Å²) in [6.45, 7) is 0.588. The lowest BCUT2D eigenvalue weighted by molar-refractivity contribution is 0.354. The minimum Gasteiger partial charge on any atom is -0.493 e. The Balaban J connectivity index is 2.22. The van der Waals surface area contributed by atoms with Crippen LogP contribution >= 0.6 is 0 Å². The lowest BCUT2D eigenvalue weighted by atomic mass is 10.2. The van der Waals surface area contributed by atoms with E-state index in [4.69, 9.17) is 15.2 Å². The van der Waals surface area contributed by atoms with Gasteiger partial charge in [-0.05, 0) is 17.7 Å². The first-order valence-electron chi connectivity index (χ1n) is 5.09. The number of rotatable bonds is 4. The third kappa shape index (κ3) is 2.47. The van der Waals surface area contributed by atoms with E-state index in [0.29, 0.717) is 23.9 Å². The maximum Gasteiger partial charge on any atom is 0.165 e. The molecule has 2 aromatic rings. The van der Waals surface area contributed by atoms with Crippen LogP contribution in [0, 0.1) is 0 Å². The standard InChI is InChI=1S/C11H14N4O2/c1-16-9-4-3-8(5-10(9)17-2)6-15-7-11(12)13-14-15/h3-5,7H,6,12H2,1-2H3. The normalized spacial score (nSPS) is 10.2. The van der Waals surface area contributed by atoms with Crippen molar-refractivity contribution >= 4 is 5.82 Å². The molecule has 2 N–H and O–H groups in total. The van der Waals surface area contributed by atoms with Crippen LogP contribution in [-0.4, -0.2) is 29.2 Å². The largest absolute Gasteiger partial charge is 0.493 e. The average Bonchev–Trinajstić information content (AvgIpc) is 2.74. The summed E-state index contributed by atoms with van der Waals surface area (Å²) >= 11 is 0. The van der Waals surface area contributed by atoms with Gasteiger partial charge in [-0.25, -0.2) is 4.68 Å². The number of aromatic nitrogens is 3. The molecule has 1 aromatic heterocycles. The maximum atomic E-state index is 5.49. The van der Waals surface area contributed by atoms with Gasteiger partial charge in [-0.3, -0.25) is 0 Å². The molecule has 0 radical (unpaired) electrons. The van der Waals surface area contributed by atoms with Crippen LogP contribution in [0.25, 0.3) is 0 Å². The van der Waals surface area contributed by atoms with E-state index in [1.165, 1.54) is 0 Å². The Bertz CT molecular complexity index is 510. The van der Waals surface area contributed by atoms with Gasteiger partial charge in [-0.1, -0.05) is 11.3 Å². The summed E-state index contributed by atoms with van der Waals surface area (Å²) < 4.78 is 12.1. The smallest absolute Gasteiger partial charge is 0.165 e. The summed E-state index contributed by atoms with van der Waals surface area (Å²) in [5.41, 5.74) is 6.53. The predicted octanol–water partition coefficient (Wildman–Crippen LogP) is 0.926. The number of nitrogen functional groups attached to an aromatic ring is 1. The molecule has 1 heterocycles. The Morgan fingerprint density at radius 1 is 1.24 bits per heavy atom. The Morgan fingerprint density at radius 2 is 2.00 bits per heavy atom. The third-order valence-electron chi connectivity index (χ3n) is 2.35. The average molecular weight is 234 g/mol. The molecule has 6 heteroatoms. The van der Waals surface area contributed by atoms with Gasteiger partial charge in [0.1, 0.15) is 0 Å². The van der Waals surface area contributed by atoms with Crippen LogP contribution in [0.2, 0.25) is 0 Å². The molecule has 0 aliphatic carbocycles. The monoisotopic (exact) mass is 234 g/mol. The molecule has 0 atom stereocenters. The summed E-state index contributed by atoms with van der Waals surface area (Å²) in [5.74, 6) is 1.80. The molecule has 17 heavy (non-hydrogen) atoms. The highest BCUT2D eigenvalue weighted by Crippen LogP contribution is 2.27. The van der Waals surface area contributed by atoms with Crippen molar-refractivity contribution in [2.45, 2.75) is 6.54 Å². The summed E-state index contributed by atoms with van der Waals surface area (Å²) in [6, 6.07) is 5.70. The van der Waals surface area contributed by atoms with E-state index >= 15 is 0 Å². The number of methoxy groups -OCH3 is 2. The molecule has 6 nitrogen and oxygen atoms in total. The SMILES string of the molecule is COc1ccc(Cn2cc(N)nn2)cc1OC. The second kappa shape index (κ2) is 4.73. The minimum absolute atomic E-state index is 0.408. The second-order valence-electron chi connectivity index (χ2n) is 3.53. The first-order valence-corrected chi connectivity index (χ1v) is 5.09. The van der Waals surface area contributed by atoms with Gasteiger partial charge in [-0.2, -0.15) is 0 Å². The number of ether oxygens (including phenoxy) is 2. The van der Waals surface area contributed by atoms with Crippen molar-refractivity contribution in [2.75, 3.05) is 20.0 Å². The molecule has 0 bridgehead atoms. The lowest BCUT2D eigenvalue weighted by Gasteiger charge is -2.09. The Kier molecular flexibility index (Phi) is 3.13. The van der Waals surface area contributed by atoms with E-state index in [1.54, 1.807) is 25.1 Å². The fourth-order valence-corrected chi connectivity index (χ4v) is 1.56. The van der Waals surface area contributed by atoms with Gasteiger partial charge in [0.2, 0.25) is 0 Å². The van der Waals surface area contributed by atoms with Crippen molar-refractivity contribution in [2.24, 2.45) is 0 Å². The van der Waals surface area contributed by atoms with Gasteiger partial charge >= 0.3 is 0 Å². The van der Waals surface area contributed by atoms with Crippen molar-refractivity contribution in [1.29, 1.82) is 0 Å². The molecule has 0 saturated carbocycles. The van der Waals surface area contributed by atoms with Crippen LogP contribution in [0.1, 0.15) is 5.56 Å². The van der Waals surface area contributed by atoms with E-state index in [9.17, 15) is 0 Å². The fourth-order valence-electron chi connectivity index (χ4n) is 1.56. The molecule has 2 rings (SSSR count). The Morgan fingerprint density at radius 3 is 2.59 bits per heavy atom. The van der Waals surface area contributed by atoms with E-state index in [0.717, 1.165) is 5.56 Å². The van der Waals surface area contributed by atoms with Gasteiger partial charge in [0.25, 0.3) is 0 Å². The van der Waals surface area contributed by atoms with Crippen LogP contribution in [-0.2, 0) is 6.54 Å². The van der Waals surface area contributed by atoms with E-state index in [-0.39, 0.29) is 0 Å². The molecule has 90 valence electrons. The third-order valence-corrected chi connectivity index (χ3v) is 2.35. The number of anilines is 1. The summed E-state index contributed by atoms with van der Waals surface area (Å²) in [4.78, 5) is 0. The van der Waals surface area contributed by atoms with Gasteiger partial charge in [-0.15, -0.1) is 5.10 Å². The first kappa shape index (κ1) is 11.3. The quantitative estimate of drug-likeness (QED) is 0.851. The number of nitrogens with two attached hydrogens (primary N) is 1. The molecule has 0 saturated heterocycles. The molecule has 1 aromatic carbocycles. The van der Waals surface area contributed by atoms with Crippen molar-refractivity contribution < 1.29 is 9.47 Å². The molecule has 0 aliphatic rings. The first-order chi connectivity index (χ1) is 8.22. The van der Waals surface area contributed by atoms with E-state index in [1.807, 2.05) is 18.2 Å². The number of hydrogen-bond acceptors (Lipinski definition) is 5. The molecular weight excluding hydrogens is 220 g/mol. The lowest BCUT2D eigenvalue weighted by Crippen LogP contribution is -2.01. The molecule has 0 spiro atoms. The topological polar surface area (TPSA) is 75.2 Å². The van der Waals surface area contributed by atoms with Crippen molar-refractivity contribution in [3.63, 3.8) is 0 Å². The van der Waals surface area contributed by atoms with Crippen LogP contribution in [0.4, 0.5) is 5.82 Å². The van der Waals surface area contributed by atoms with Gasteiger partial charge < -0.3 is 15.2 Å². The Labute approximate surface area is 98.9 Å². The summed E-state index contributed by atoms with van der Waals surface area (Å²) in [6.07, 6.45) is 1.68. The minimum atomic E-state index is 0.408. The maximum absolute atomic E-state index is 5.49.